The van der Waals surface area contributed by atoms with Crippen LogP contribution in [0.4, 0.5) is 11.4 Å². The van der Waals surface area contributed by atoms with Crippen LogP contribution in [-0.4, -0.2) is 286 Å². The molecule has 0 atom stereocenters. The highest BCUT2D eigenvalue weighted by molar-refractivity contribution is 7.51. The zero-order valence-electron chi connectivity index (χ0n) is 77.9. The van der Waals surface area contributed by atoms with E-state index in [0.29, 0.717) is 82.5 Å². The van der Waals surface area contributed by atoms with Crippen molar-refractivity contribution < 1.29 is 42.2 Å². The van der Waals surface area contributed by atoms with Crippen molar-refractivity contribution in [3.8, 4) is 55.6 Å². The fraction of sp³-hybridized carbons (Fsp3) is 0.299. The molecule has 137 heavy (non-hydrogen) atoms. The van der Waals surface area contributed by atoms with Crippen LogP contribution >= 0.6 is 11.6 Å². The predicted molar refractivity (Wildman–Crippen MR) is 543 cm³/mol. The number of non-ortho nitro benzene ring substituents is 2. The number of carbonyl (C=O) groups is 5. The molecule has 1 saturated carbocycles. The van der Waals surface area contributed by atoms with E-state index in [-0.39, 0.29) is 40.9 Å². The molecule has 0 spiro atoms. The van der Waals surface area contributed by atoms with Crippen LogP contribution in [-0.2, 0) is 11.6 Å². The number of likely N-dealkylation sites (N-methyl/N-ethyl adjacent to an activating group) is 3. The molecule has 0 radical (unpaired) electrons. The molecule has 6 fully saturated rings. The standard InChI is InChI=1S/C24H26N4O3.C22H24N4O3.C21H23N3O.C20H20ClN3O.C20H21N3O.O2S/c29-24(27-14-12-26(13-15-27)18-8-4-5-9-18)23-22(17-6-2-1-3-7-17)20-16-19(28(30)31)10-11-21(20)25-23;1-15(2)24-10-12-25(13-11-24)22(27)21-20(16-6-4-3-5-7-16)18-14-17(26(28)29)8-9-19(18)23-21;1-15-8-9-18-17(14-15)19(16-6-4-3-5-7-16)20(22-18)21(25)24-12-10-23(2)11-13-24;1-23-9-11-24(12-10-23)20(25)19-18(14-5-3-2-4-6-14)16-13-15(21)7-8-17(16)22-19;1-22-11-13-23(14-12-22)20(24)19-18(15-7-3-2-4-8-15)16-9-5-6-10-17(16)21-19;1-3-2/h1-3,6-7,10-11,16,18,25H,4-5,8-9,12-15H2;3-9,14-15,23H,10-13H2,1-2H3;3-9,14,22H,10-13H2,1-2H3;2-8,13,22H,9-12H2,1H3;2-10,21H,11-14H2,1H3;. The van der Waals surface area contributed by atoms with Crippen molar-refractivity contribution >= 4 is 119 Å². The number of aryl methyl sites for hydroxylation is 1. The molecule has 5 N–H and O–H groups in total. The van der Waals surface area contributed by atoms with Gasteiger partial charge >= 0.3 is 11.6 Å². The van der Waals surface area contributed by atoms with Crippen LogP contribution in [0.15, 0.2) is 249 Å². The van der Waals surface area contributed by atoms with E-state index in [4.69, 9.17) is 20.0 Å². The van der Waals surface area contributed by atoms with Gasteiger partial charge in [0.1, 0.15) is 28.5 Å². The van der Waals surface area contributed by atoms with E-state index in [0.717, 1.165) is 204 Å². The summed E-state index contributed by atoms with van der Waals surface area (Å²) in [6, 6.07) is 80.3. The Labute approximate surface area is 804 Å². The second-order valence-corrected chi connectivity index (χ2v) is 36.6. The second kappa shape index (κ2) is 44.2. The number of para-hydroxylation sites is 1. The fourth-order valence-electron chi connectivity index (χ4n) is 19.3. The topological polar surface area (TPSA) is 317 Å². The molecule has 15 aromatic rings. The minimum absolute atomic E-state index is 0.0122. The monoisotopic (exact) mass is 1880 g/mol. The fourth-order valence-corrected chi connectivity index (χ4v) is 19.5. The van der Waals surface area contributed by atoms with Gasteiger partial charge in [0.05, 0.1) is 9.85 Å². The lowest BCUT2D eigenvalue weighted by Crippen LogP contribution is -2.51. The first kappa shape index (κ1) is 96.1. The Kier molecular flexibility index (Phi) is 31.0. The van der Waals surface area contributed by atoms with Crippen LogP contribution in [0.1, 0.15) is 97.5 Å². The smallest absolute Gasteiger partial charge is 0.335 e. The van der Waals surface area contributed by atoms with Gasteiger partial charge in [0, 0.05) is 255 Å². The highest BCUT2D eigenvalue weighted by Gasteiger charge is 2.35. The highest BCUT2D eigenvalue weighted by atomic mass is 35.5. The van der Waals surface area contributed by atoms with Crippen LogP contribution in [0.25, 0.3) is 110 Å². The van der Waals surface area contributed by atoms with Gasteiger partial charge in [-0.3, -0.25) is 54.0 Å². The molecule has 0 unspecified atom stereocenters. The summed E-state index contributed by atoms with van der Waals surface area (Å²) in [5.74, 6) is 0.146. The average Bonchev–Trinajstić information content (AvgIpc) is 1.64. The maximum atomic E-state index is 13.6. The van der Waals surface area contributed by atoms with Crippen LogP contribution < -0.4 is 0 Å². The van der Waals surface area contributed by atoms with Crippen LogP contribution in [0.5, 0.6) is 0 Å². The van der Waals surface area contributed by atoms with Crippen LogP contribution in [0.3, 0.4) is 0 Å². The summed E-state index contributed by atoms with van der Waals surface area (Å²) in [5, 5.41) is 27.9. The normalized spacial score (nSPS) is 15.9. The lowest BCUT2D eigenvalue weighted by molar-refractivity contribution is -0.384. The molecule has 30 heteroatoms. The van der Waals surface area contributed by atoms with Crippen molar-refractivity contribution in [2.45, 2.75) is 58.5 Å². The predicted octanol–water partition coefficient (Wildman–Crippen LogP) is 18.3. The van der Waals surface area contributed by atoms with E-state index in [1.54, 1.807) is 24.3 Å². The molecule has 5 aliphatic heterocycles. The van der Waals surface area contributed by atoms with Crippen molar-refractivity contribution in [3.05, 3.63) is 308 Å². The number of piperazine rings is 5. The number of aromatic amines is 5. The maximum Gasteiger partial charge on any atom is 0.335 e. The molecule has 6 aliphatic rings. The van der Waals surface area contributed by atoms with Crippen molar-refractivity contribution in [3.63, 3.8) is 0 Å². The molecule has 0 bridgehead atoms. The highest BCUT2D eigenvalue weighted by Crippen LogP contribution is 2.42. The first-order chi connectivity index (χ1) is 66.5. The van der Waals surface area contributed by atoms with Crippen molar-refractivity contribution in [1.82, 2.24) is 73.9 Å². The number of benzene rings is 10. The van der Waals surface area contributed by atoms with E-state index in [1.165, 1.54) is 43.4 Å². The molecule has 10 aromatic carbocycles. The van der Waals surface area contributed by atoms with Crippen molar-refractivity contribution in [2.75, 3.05) is 152 Å². The van der Waals surface area contributed by atoms with Gasteiger partial charge in [-0.1, -0.05) is 206 Å². The summed E-state index contributed by atoms with van der Waals surface area (Å²) >= 11 is 5.47. The minimum Gasteiger partial charge on any atom is -0.350 e. The van der Waals surface area contributed by atoms with E-state index in [2.05, 4.69) is 140 Å². The van der Waals surface area contributed by atoms with Gasteiger partial charge in [-0.05, 0) is 131 Å². The van der Waals surface area contributed by atoms with Gasteiger partial charge in [-0.15, -0.1) is 0 Å². The van der Waals surface area contributed by atoms with Gasteiger partial charge in [0.2, 0.25) is 0 Å². The number of nitro benzene ring substituents is 2. The summed E-state index contributed by atoms with van der Waals surface area (Å²) in [6.07, 6.45) is 5.16. The molecule has 5 aromatic heterocycles. The van der Waals surface area contributed by atoms with Gasteiger partial charge in [-0.25, -0.2) is 0 Å². The Morgan fingerprint density at radius 3 is 0.920 bits per heavy atom. The van der Waals surface area contributed by atoms with E-state index >= 15 is 0 Å². The summed E-state index contributed by atoms with van der Waals surface area (Å²) in [7, 11) is 6.28. The number of amides is 5. The van der Waals surface area contributed by atoms with Crippen molar-refractivity contribution in [2.24, 2.45) is 0 Å². The maximum absolute atomic E-state index is 13.6. The molecule has 21 rings (SSSR count). The number of carbonyl (C=O) groups excluding carboxylic acids is 5. The molecule has 5 saturated heterocycles. The Morgan fingerprint density at radius 2 is 0.599 bits per heavy atom. The molecule has 10 heterocycles. The third-order valence-corrected chi connectivity index (χ3v) is 27.2. The Morgan fingerprint density at radius 1 is 0.336 bits per heavy atom. The zero-order chi connectivity index (χ0) is 95.9. The largest absolute Gasteiger partial charge is 0.350 e. The van der Waals surface area contributed by atoms with Gasteiger partial charge < -0.3 is 64.1 Å². The Balaban J connectivity index is 0.000000123. The first-order valence-electron chi connectivity index (χ1n) is 46.8. The van der Waals surface area contributed by atoms with Gasteiger partial charge in [0.25, 0.3) is 40.9 Å². The number of aromatic nitrogens is 5. The van der Waals surface area contributed by atoms with Crippen LogP contribution in [0, 0.1) is 27.2 Å². The summed E-state index contributed by atoms with van der Waals surface area (Å²) in [6.45, 7) is 22.8. The van der Waals surface area contributed by atoms with Gasteiger partial charge in [-0.2, -0.15) is 8.42 Å². The SMILES string of the molecule is CC(C)N1CCN(C(=O)c2[nH]c3ccc([N+](=O)[O-])cc3c2-c2ccccc2)CC1.CN1CCN(C(=O)c2[nH]c3ccc(Cl)cc3c2-c2ccccc2)CC1.CN1CCN(C(=O)c2[nH]c3ccccc3c2-c2ccccc2)CC1.Cc1ccc2[nH]c(C(=O)N3CCN(C)CC3)c(-c3ccccc3)c2c1.O=C(c1[nH]c2ccc([N+](=O)[O-])cc2c1-c1ccccc1)N1CCN(C2CCCC2)CC1.O=S=O. The summed E-state index contributed by atoms with van der Waals surface area (Å²) < 4.78 is 16.6. The van der Waals surface area contributed by atoms with Gasteiger partial charge in [0.15, 0.2) is 0 Å². The number of rotatable bonds is 14. The Hall–Kier alpha value is -14.0. The first-order valence-corrected chi connectivity index (χ1v) is 47.9. The number of fused-ring (bicyclic) bond motifs is 5. The molecular weight excluding hydrogens is 1770 g/mol. The van der Waals surface area contributed by atoms with E-state index in [1.807, 2.05) is 188 Å². The lowest BCUT2D eigenvalue weighted by Gasteiger charge is -2.38. The zero-order valence-corrected chi connectivity index (χ0v) is 79.5. The molecule has 1 aliphatic carbocycles. The summed E-state index contributed by atoms with van der Waals surface area (Å²) in [4.78, 5) is 126. The Bertz CT molecular complexity index is 6680. The third-order valence-electron chi connectivity index (χ3n) is 26.9. The van der Waals surface area contributed by atoms with E-state index in [9.17, 15) is 44.2 Å². The third kappa shape index (κ3) is 22.1. The van der Waals surface area contributed by atoms with Crippen LogP contribution in [0.2, 0.25) is 5.02 Å². The number of halogens is 1. The minimum atomic E-state index is -0.750. The molecule has 5 amide bonds. The average molecular weight is 1880 g/mol. The quantitative estimate of drug-likeness (QED) is 0.0499. The number of H-pyrrole nitrogens is 5. The summed E-state index contributed by atoms with van der Waals surface area (Å²) in [5.41, 5.74) is 18.0. The number of hydrogen-bond donors (Lipinski definition) is 5. The molecule has 706 valence electrons. The second-order valence-electron chi connectivity index (χ2n) is 36.0. The van der Waals surface area contributed by atoms with Crippen molar-refractivity contribution in [1.29, 1.82) is 0 Å². The molecular formula is C107H114ClN17O11S. The number of nitrogens with zero attached hydrogens (tertiary/aromatic N) is 12. The molecule has 28 nitrogen and oxygen atoms in total. The number of hydrogen-bond acceptors (Lipinski definition) is 16. The number of nitro groups is 2. The lowest BCUT2D eigenvalue weighted by atomic mass is 10.00. The van der Waals surface area contributed by atoms with E-state index < -0.39 is 21.4 Å². The number of nitrogens with one attached hydrogen (secondary N) is 5.